The first-order chi connectivity index (χ1) is 6.63. The molecule has 0 unspecified atom stereocenters. The van der Waals surface area contributed by atoms with Crippen LogP contribution in [0.1, 0.15) is 19.4 Å². The lowest BCUT2D eigenvalue weighted by molar-refractivity contribution is -0.105. The third-order valence-corrected chi connectivity index (χ3v) is 1.80. The lowest BCUT2D eigenvalue weighted by Gasteiger charge is -2.11. The predicted molar refractivity (Wildman–Crippen MR) is 56.6 cm³/mol. The van der Waals surface area contributed by atoms with Gasteiger partial charge in [-0.15, -0.1) is 0 Å². The molecule has 1 aromatic rings. The standard InChI is InChI=1S/C11H15NO2/c1-8(2)14-10-5-4-9(3)11(6-10)12-7-13/h4-8H,1-3H3,(H,12,13). The van der Waals surface area contributed by atoms with Gasteiger partial charge in [-0.2, -0.15) is 0 Å². The maximum absolute atomic E-state index is 10.3. The number of rotatable bonds is 4. The molecule has 14 heavy (non-hydrogen) atoms. The van der Waals surface area contributed by atoms with E-state index in [4.69, 9.17) is 4.74 Å². The summed E-state index contributed by atoms with van der Waals surface area (Å²) in [4.78, 5) is 10.3. The molecule has 0 aliphatic carbocycles. The molecule has 0 aliphatic rings. The van der Waals surface area contributed by atoms with Crippen LogP contribution in [0.2, 0.25) is 0 Å². The van der Waals surface area contributed by atoms with Crippen molar-refractivity contribution in [1.82, 2.24) is 0 Å². The summed E-state index contributed by atoms with van der Waals surface area (Å²) in [6.07, 6.45) is 0.809. The average molecular weight is 193 g/mol. The Balaban J connectivity index is 2.88. The number of aryl methyl sites for hydroxylation is 1. The summed E-state index contributed by atoms with van der Waals surface area (Å²) in [5.41, 5.74) is 1.81. The van der Waals surface area contributed by atoms with Gasteiger partial charge in [0.15, 0.2) is 0 Å². The average Bonchev–Trinajstić information content (AvgIpc) is 2.10. The first kappa shape index (κ1) is 10.6. The van der Waals surface area contributed by atoms with Gasteiger partial charge < -0.3 is 10.1 Å². The van der Waals surface area contributed by atoms with Crippen LogP contribution >= 0.6 is 0 Å². The first-order valence-corrected chi connectivity index (χ1v) is 4.61. The fraction of sp³-hybridized carbons (Fsp3) is 0.364. The van der Waals surface area contributed by atoms with Crippen LogP contribution < -0.4 is 10.1 Å². The Labute approximate surface area is 84.1 Å². The highest BCUT2D eigenvalue weighted by atomic mass is 16.5. The van der Waals surface area contributed by atoms with Crippen LogP contribution in [0.4, 0.5) is 5.69 Å². The van der Waals surface area contributed by atoms with Crippen molar-refractivity contribution >= 4 is 12.1 Å². The van der Waals surface area contributed by atoms with E-state index in [0.717, 1.165) is 17.0 Å². The largest absolute Gasteiger partial charge is 0.491 e. The van der Waals surface area contributed by atoms with Crippen molar-refractivity contribution < 1.29 is 9.53 Å². The van der Waals surface area contributed by atoms with Crippen LogP contribution in [-0.2, 0) is 4.79 Å². The zero-order valence-corrected chi connectivity index (χ0v) is 8.70. The van der Waals surface area contributed by atoms with Gasteiger partial charge in [-0.05, 0) is 32.4 Å². The van der Waals surface area contributed by atoms with Crippen molar-refractivity contribution in [3.8, 4) is 5.75 Å². The summed E-state index contributed by atoms with van der Waals surface area (Å²) < 4.78 is 5.50. The zero-order valence-electron chi connectivity index (χ0n) is 8.70. The van der Waals surface area contributed by atoms with Gasteiger partial charge in [-0.25, -0.2) is 0 Å². The fourth-order valence-electron chi connectivity index (χ4n) is 1.17. The molecule has 0 aliphatic heterocycles. The van der Waals surface area contributed by atoms with Gasteiger partial charge in [0.25, 0.3) is 0 Å². The van der Waals surface area contributed by atoms with Crippen molar-refractivity contribution in [3.63, 3.8) is 0 Å². The van der Waals surface area contributed by atoms with Gasteiger partial charge in [0, 0.05) is 11.8 Å². The van der Waals surface area contributed by atoms with E-state index in [2.05, 4.69) is 5.32 Å². The van der Waals surface area contributed by atoms with Crippen molar-refractivity contribution in [3.05, 3.63) is 23.8 Å². The Morgan fingerprint density at radius 3 is 2.71 bits per heavy atom. The third-order valence-electron chi connectivity index (χ3n) is 1.80. The molecule has 0 saturated carbocycles. The maximum Gasteiger partial charge on any atom is 0.211 e. The van der Waals surface area contributed by atoms with Crippen LogP contribution in [0.25, 0.3) is 0 Å². The van der Waals surface area contributed by atoms with E-state index in [1.165, 1.54) is 0 Å². The van der Waals surface area contributed by atoms with E-state index in [-0.39, 0.29) is 6.10 Å². The number of ether oxygens (including phenoxy) is 1. The Kier molecular flexibility index (Phi) is 3.51. The van der Waals surface area contributed by atoms with Crippen molar-refractivity contribution in [1.29, 1.82) is 0 Å². The highest BCUT2D eigenvalue weighted by Crippen LogP contribution is 2.22. The van der Waals surface area contributed by atoms with E-state index in [1.54, 1.807) is 0 Å². The Morgan fingerprint density at radius 1 is 1.43 bits per heavy atom. The number of hydrogen-bond acceptors (Lipinski definition) is 2. The molecule has 1 amide bonds. The number of hydrogen-bond donors (Lipinski definition) is 1. The summed E-state index contributed by atoms with van der Waals surface area (Å²) >= 11 is 0. The van der Waals surface area contributed by atoms with Gasteiger partial charge in [0.1, 0.15) is 5.75 Å². The lowest BCUT2D eigenvalue weighted by atomic mass is 10.2. The normalized spacial score (nSPS) is 10.0. The number of nitrogens with one attached hydrogen (secondary N) is 1. The molecule has 0 aromatic heterocycles. The van der Waals surface area contributed by atoms with Gasteiger partial charge in [-0.1, -0.05) is 6.07 Å². The molecule has 0 radical (unpaired) electrons. The highest BCUT2D eigenvalue weighted by molar-refractivity contribution is 5.74. The monoisotopic (exact) mass is 193 g/mol. The Morgan fingerprint density at radius 2 is 2.14 bits per heavy atom. The van der Waals surface area contributed by atoms with Crippen molar-refractivity contribution in [2.24, 2.45) is 0 Å². The summed E-state index contributed by atoms with van der Waals surface area (Å²) in [5, 5.41) is 2.63. The molecule has 0 spiro atoms. The topological polar surface area (TPSA) is 38.3 Å². The number of amides is 1. The summed E-state index contributed by atoms with van der Waals surface area (Å²) in [6.45, 7) is 5.87. The number of anilines is 1. The Bertz CT molecular complexity index is 321. The van der Waals surface area contributed by atoms with E-state index in [9.17, 15) is 4.79 Å². The fourth-order valence-corrected chi connectivity index (χ4v) is 1.17. The minimum absolute atomic E-state index is 0.141. The van der Waals surface area contributed by atoms with Crippen LogP contribution in [0.5, 0.6) is 5.75 Å². The first-order valence-electron chi connectivity index (χ1n) is 4.61. The van der Waals surface area contributed by atoms with E-state index >= 15 is 0 Å². The zero-order chi connectivity index (χ0) is 10.6. The molecule has 1 aromatic carbocycles. The smallest absolute Gasteiger partial charge is 0.211 e. The molecule has 0 fully saturated rings. The number of carbonyl (C=O) groups excluding carboxylic acids is 1. The molecule has 0 saturated heterocycles. The quantitative estimate of drug-likeness (QED) is 0.745. The maximum atomic E-state index is 10.3. The molecule has 1 rings (SSSR count). The SMILES string of the molecule is Cc1ccc(OC(C)C)cc1NC=O. The molecule has 1 N–H and O–H groups in total. The second-order valence-electron chi connectivity index (χ2n) is 3.41. The second-order valence-corrected chi connectivity index (χ2v) is 3.41. The van der Waals surface area contributed by atoms with Gasteiger partial charge in [-0.3, -0.25) is 4.79 Å². The number of benzene rings is 1. The van der Waals surface area contributed by atoms with Gasteiger partial charge in [0.2, 0.25) is 6.41 Å². The van der Waals surface area contributed by atoms with E-state index < -0.39 is 0 Å². The molecular formula is C11H15NO2. The molecule has 0 atom stereocenters. The van der Waals surface area contributed by atoms with Gasteiger partial charge in [0.05, 0.1) is 6.10 Å². The highest BCUT2D eigenvalue weighted by Gasteiger charge is 2.01. The number of carbonyl (C=O) groups is 1. The second kappa shape index (κ2) is 4.65. The van der Waals surface area contributed by atoms with Crippen molar-refractivity contribution in [2.75, 3.05) is 5.32 Å². The summed E-state index contributed by atoms with van der Waals surface area (Å²) in [5.74, 6) is 0.773. The minimum atomic E-state index is 0.141. The molecular weight excluding hydrogens is 178 g/mol. The van der Waals surface area contributed by atoms with Crippen LogP contribution in [-0.4, -0.2) is 12.5 Å². The molecule has 76 valence electrons. The van der Waals surface area contributed by atoms with Crippen LogP contribution in [0.15, 0.2) is 18.2 Å². The lowest BCUT2D eigenvalue weighted by Crippen LogP contribution is -2.06. The molecule has 0 bridgehead atoms. The molecule has 3 nitrogen and oxygen atoms in total. The molecule has 3 heteroatoms. The molecule has 0 heterocycles. The summed E-state index contributed by atoms with van der Waals surface area (Å²) in [7, 11) is 0. The van der Waals surface area contributed by atoms with Crippen LogP contribution in [0, 0.1) is 6.92 Å². The Hall–Kier alpha value is -1.51. The van der Waals surface area contributed by atoms with Crippen molar-refractivity contribution in [2.45, 2.75) is 26.9 Å². The van der Waals surface area contributed by atoms with E-state index in [0.29, 0.717) is 6.41 Å². The van der Waals surface area contributed by atoms with Crippen LogP contribution in [0.3, 0.4) is 0 Å². The minimum Gasteiger partial charge on any atom is -0.491 e. The third kappa shape index (κ3) is 2.76. The summed E-state index contributed by atoms with van der Waals surface area (Å²) in [6, 6.07) is 5.64. The van der Waals surface area contributed by atoms with Gasteiger partial charge >= 0.3 is 0 Å². The van der Waals surface area contributed by atoms with E-state index in [1.807, 2.05) is 39.0 Å². The predicted octanol–water partition coefficient (Wildman–Crippen LogP) is 2.35.